The Morgan fingerprint density at radius 2 is 1.80 bits per heavy atom. The predicted octanol–water partition coefficient (Wildman–Crippen LogP) is 4.02. The lowest BCUT2D eigenvalue weighted by molar-refractivity contribution is -0.166. The van der Waals surface area contributed by atoms with Crippen LogP contribution in [-0.2, 0) is 15.1 Å². The van der Waals surface area contributed by atoms with Crippen LogP contribution in [0.15, 0.2) is 48.5 Å². The number of halogens is 1. The molecule has 1 saturated carbocycles. The first kappa shape index (κ1) is 18.0. The van der Waals surface area contributed by atoms with Gasteiger partial charge in [-0.25, -0.2) is 0 Å². The Labute approximate surface area is 179 Å². The lowest BCUT2D eigenvalue weighted by Gasteiger charge is -2.51. The molecule has 2 fully saturated rings. The normalized spacial score (nSPS) is 26.1. The third kappa shape index (κ3) is 2.36. The molecule has 2 aliphatic heterocycles. The fraction of sp³-hybridized carbons (Fsp3) is 0.333. The standard InChI is InChI=1S/C24H22ClN3O2/c1-24-22-21(17-4-2-3-5-19(17)26-22)18(14-6-8-15(25)9-7-14)12-28(24)20(29)13-27(23(24)30)16-10-11-16/h2-9,16,18,26H,10-13H2,1H3/t18-,24+/m1/s1. The van der Waals surface area contributed by atoms with Gasteiger partial charge in [0.25, 0.3) is 5.91 Å². The van der Waals surface area contributed by atoms with Crippen molar-refractivity contribution in [1.29, 1.82) is 0 Å². The number of aromatic amines is 1. The van der Waals surface area contributed by atoms with E-state index in [-0.39, 0.29) is 30.3 Å². The van der Waals surface area contributed by atoms with Gasteiger partial charge >= 0.3 is 0 Å². The molecule has 3 aromatic rings. The smallest absolute Gasteiger partial charge is 0.255 e. The van der Waals surface area contributed by atoms with E-state index in [0.29, 0.717) is 11.6 Å². The molecule has 3 aliphatic rings. The summed E-state index contributed by atoms with van der Waals surface area (Å²) in [5.74, 6) is 0.0324. The Bertz CT molecular complexity index is 1200. The van der Waals surface area contributed by atoms with Crippen molar-refractivity contribution in [2.24, 2.45) is 0 Å². The van der Waals surface area contributed by atoms with E-state index in [4.69, 9.17) is 11.6 Å². The van der Waals surface area contributed by atoms with E-state index >= 15 is 0 Å². The zero-order chi connectivity index (χ0) is 20.6. The molecular weight excluding hydrogens is 398 g/mol. The van der Waals surface area contributed by atoms with E-state index in [9.17, 15) is 9.59 Å². The number of fused-ring (bicyclic) bond motifs is 5. The monoisotopic (exact) mass is 419 g/mol. The summed E-state index contributed by atoms with van der Waals surface area (Å²) in [4.78, 5) is 34.1. The summed E-state index contributed by atoms with van der Waals surface area (Å²) in [7, 11) is 0. The number of rotatable bonds is 2. The molecule has 2 amide bonds. The number of amides is 2. The highest BCUT2D eigenvalue weighted by molar-refractivity contribution is 6.30. The van der Waals surface area contributed by atoms with Crippen molar-refractivity contribution < 1.29 is 9.59 Å². The molecule has 1 N–H and O–H groups in total. The summed E-state index contributed by atoms with van der Waals surface area (Å²) in [6.07, 6.45) is 1.98. The second kappa shape index (κ2) is 6.11. The third-order valence-corrected chi connectivity index (χ3v) is 7.28. The molecule has 5 nitrogen and oxygen atoms in total. The summed E-state index contributed by atoms with van der Waals surface area (Å²) in [6.45, 7) is 2.58. The number of nitrogens with one attached hydrogen (secondary N) is 1. The van der Waals surface area contributed by atoms with E-state index < -0.39 is 5.54 Å². The van der Waals surface area contributed by atoms with Gasteiger partial charge in [0.05, 0.1) is 5.69 Å². The van der Waals surface area contributed by atoms with Gasteiger partial charge in [0.15, 0.2) is 5.54 Å². The number of H-pyrrole nitrogens is 1. The summed E-state index contributed by atoms with van der Waals surface area (Å²) in [5.41, 5.74) is 3.05. The number of benzene rings is 2. The van der Waals surface area contributed by atoms with E-state index in [2.05, 4.69) is 11.1 Å². The summed E-state index contributed by atoms with van der Waals surface area (Å²) >= 11 is 6.13. The maximum Gasteiger partial charge on any atom is 0.255 e. The molecule has 1 saturated heterocycles. The zero-order valence-corrected chi connectivity index (χ0v) is 17.4. The number of para-hydroxylation sites is 1. The number of nitrogens with zero attached hydrogens (tertiary/aromatic N) is 2. The SMILES string of the molecule is C[C@]12C(=O)N(C3CC3)CC(=O)N1C[C@H](c1ccc(Cl)cc1)c1c2[nH]c2ccccc12. The second-order valence-corrected chi connectivity index (χ2v) is 9.24. The Balaban J connectivity index is 1.60. The molecular formula is C24H22ClN3O2. The van der Waals surface area contributed by atoms with E-state index in [1.807, 2.05) is 49.4 Å². The number of carbonyl (C=O) groups is 2. The van der Waals surface area contributed by atoms with Crippen molar-refractivity contribution in [2.75, 3.05) is 13.1 Å². The molecule has 0 radical (unpaired) electrons. The van der Waals surface area contributed by atoms with Crippen molar-refractivity contribution in [1.82, 2.24) is 14.8 Å². The van der Waals surface area contributed by atoms with Gasteiger partial charge in [0.2, 0.25) is 5.91 Å². The number of piperazine rings is 1. The Morgan fingerprint density at radius 3 is 2.53 bits per heavy atom. The summed E-state index contributed by atoms with van der Waals surface area (Å²) in [6, 6.07) is 16.2. The Morgan fingerprint density at radius 1 is 1.07 bits per heavy atom. The van der Waals surface area contributed by atoms with E-state index in [1.54, 1.807) is 9.80 Å². The average Bonchev–Trinajstić information content (AvgIpc) is 3.51. The van der Waals surface area contributed by atoms with Crippen LogP contribution in [0.4, 0.5) is 0 Å². The number of hydrogen-bond acceptors (Lipinski definition) is 2. The van der Waals surface area contributed by atoms with Crippen LogP contribution in [-0.4, -0.2) is 45.7 Å². The minimum atomic E-state index is -1.00. The van der Waals surface area contributed by atoms with Crippen molar-refractivity contribution in [3.05, 3.63) is 70.4 Å². The maximum absolute atomic E-state index is 13.7. The number of carbonyl (C=O) groups excluding carboxylic acids is 2. The number of aromatic nitrogens is 1. The van der Waals surface area contributed by atoms with Gasteiger partial charge in [0.1, 0.15) is 6.54 Å². The molecule has 152 valence electrons. The van der Waals surface area contributed by atoms with Crippen LogP contribution in [0.2, 0.25) is 5.02 Å². The molecule has 0 unspecified atom stereocenters. The van der Waals surface area contributed by atoms with E-state index in [1.165, 1.54) is 0 Å². The second-order valence-electron chi connectivity index (χ2n) is 8.80. The van der Waals surface area contributed by atoms with Gasteiger partial charge in [0, 0.05) is 34.4 Å². The highest BCUT2D eigenvalue weighted by Crippen LogP contribution is 2.49. The van der Waals surface area contributed by atoms with E-state index in [0.717, 1.165) is 40.6 Å². The van der Waals surface area contributed by atoms with Crippen LogP contribution < -0.4 is 0 Å². The van der Waals surface area contributed by atoms with Gasteiger partial charge in [-0.15, -0.1) is 0 Å². The quantitative estimate of drug-likeness (QED) is 0.682. The molecule has 2 aromatic carbocycles. The van der Waals surface area contributed by atoms with Crippen molar-refractivity contribution in [3.63, 3.8) is 0 Å². The molecule has 1 aliphatic carbocycles. The average molecular weight is 420 g/mol. The molecule has 0 bridgehead atoms. The van der Waals surface area contributed by atoms with Crippen LogP contribution in [0.25, 0.3) is 10.9 Å². The van der Waals surface area contributed by atoms with Crippen LogP contribution in [0.3, 0.4) is 0 Å². The summed E-state index contributed by atoms with van der Waals surface area (Å²) in [5, 5.41) is 1.79. The molecule has 0 spiro atoms. The van der Waals surface area contributed by atoms with Gasteiger partial charge in [-0.1, -0.05) is 41.9 Å². The first-order valence-corrected chi connectivity index (χ1v) is 10.8. The highest BCUT2D eigenvalue weighted by atomic mass is 35.5. The minimum Gasteiger partial charge on any atom is -0.356 e. The van der Waals surface area contributed by atoms with Gasteiger partial charge in [-0.05, 0) is 49.1 Å². The molecule has 6 heteroatoms. The van der Waals surface area contributed by atoms with Crippen LogP contribution in [0, 0.1) is 0 Å². The van der Waals surface area contributed by atoms with Gasteiger partial charge in [-0.3, -0.25) is 9.59 Å². The maximum atomic E-state index is 13.7. The van der Waals surface area contributed by atoms with Crippen LogP contribution in [0.5, 0.6) is 0 Å². The van der Waals surface area contributed by atoms with Gasteiger partial charge in [-0.2, -0.15) is 0 Å². The minimum absolute atomic E-state index is 0.0206. The molecule has 6 rings (SSSR count). The molecule has 3 heterocycles. The first-order valence-electron chi connectivity index (χ1n) is 10.5. The Kier molecular flexibility index (Phi) is 3.67. The molecule has 2 atom stereocenters. The molecule has 30 heavy (non-hydrogen) atoms. The first-order chi connectivity index (χ1) is 14.5. The van der Waals surface area contributed by atoms with Crippen molar-refractivity contribution in [2.45, 2.75) is 37.3 Å². The largest absolute Gasteiger partial charge is 0.356 e. The topological polar surface area (TPSA) is 56.4 Å². The lowest BCUT2D eigenvalue weighted by atomic mass is 9.76. The predicted molar refractivity (Wildman–Crippen MR) is 115 cm³/mol. The number of hydrogen-bond donors (Lipinski definition) is 1. The zero-order valence-electron chi connectivity index (χ0n) is 16.7. The fourth-order valence-corrected chi connectivity index (χ4v) is 5.43. The Hall–Kier alpha value is -2.79. The van der Waals surface area contributed by atoms with Crippen molar-refractivity contribution in [3.8, 4) is 0 Å². The van der Waals surface area contributed by atoms with Crippen LogP contribution >= 0.6 is 11.6 Å². The summed E-state index contributed by atoms with van der Waals surface area (Å²) < 4.78 is 0. The van der Waals surface area contributed by atoms with Gasteiger partial charge < -0.3 is 14.8 Å². The lowest BCUT2D eigenvalue weighted by Crippen LogP contribution is -2.67. The van der Waals surface area contributed by atoms with Crippen LogP contribution in [0.1, 0.15) is 42.5 Å². The highest BCUT2D eigenvalue weighted by Gasteiger charge is 2.58. The third-order valence-electron chi connectivity index (χ3n) is 7.03. The molecule has 1 aromatic heterocycles. The van der Waals surface area contributed by atoms with Crippen molar-refractivity contribution >= 4 is 34.3 Å². The fourth-order valence-electron chi connectivity index (χ4n) is 5.31.